The van der Waals surface area contributed by atoms with Crippen molar-refractivity contribution >= 4 is 38.3 Å². The molecular weight excluding hydrogens is 472 g/mol. The van der Waals surface area contributed by atoms with Gasteiger partial charge in [-0.3, -0.25) is 10.1 Å². The predicted molar refractivity (Wildman–Crippen MR) is 134 cm³/mol. The van der Waals surface area contributed by atoms with E-state index in [1.165, 1.54) is 0 Å². The van der Waals surface area contributed by atoms with E-state index in [0.29, 0.717) is 56.3 Å². The molecule has 0 spiro atoms. The molecule has 2 aliphatic rings. The Morgan fingerprint density at radius 1 is 0.824 bits per heavy atom. The van der Waals surface area contributed by atoms with Crippen molar-refractivity contribution in [2.24, 2.45) is 0 Å². The number of sulfonamides is 1. The second-order valence-corrected chi connectivity index (χ2v) is 12.1. The first-order valence-electron chi connectivity index (χ1n) is 11.9. The highest BCUT2D eigenvalue weighted by Crippen LogP contribution is 2.30. The monoisotopic (exact) mass is 504 g/mol. The van der Waals surface area contributed by atoms with E-state index in [1.807, 2.05) is 31.2 Å². The lowest BCUT2D eigenvalue weighted by Gasteiger charge is -2.23. The van der Waals surface area contributed by atoms with E-state index in [-0.39, 0.29) is 16.1 Å². The molecule has 1 aromatic heterocycles. The molecule has 2 aromatic rings. The zero-order valence-corrected chi connectivity index (χ0v) is 21.2. The molecule has 8 nitrogen and oxygen atoms in total. The Morgan fingerprint density at radius 2 is 1.50 bits per heavy atom. The van der Waals surface area contributed by atoms with Crippen LogP contribution in [-0.4, -0.2) is 73.7 Å². The zero-order chi connectivity index (χ0) is 24.1. The Hall–Kier alpha value is -2.43. The van der Waals surface area contributed by atoms with Crippen molar-refractivity contribution in [2.75, 3.05) is 44.6 Å². The maximum absolute atomic E-state index is 13.0. The molecule has 4 rings (SSSR count). The van der Waals surface area contributed by atoms with E-state index in [9.17, 15) is 18.0 Å². The second-order valence-electron chi connectivity index (χ2n) is 8.81. The molecule has 2 fully saturated rings. The van der Waals surface area contributed by atoms with Gasteiger partial charge in [0.25, 0.3) is 15.9 Å². The predicted octanol–water partition coefficient (Wildman–Crippen LogP) is 4.00. The lowest BCUT2D eigenvalue weighted by atomic mass is 10.1. The van der Waals surface area contributed by atoms with Crippen molar-refractivity contribution in [3.05, 3.63) is 47.5 Å². The number of carbonyl (C=O) groups excluding carboxylic acids is 2. The van der Waals surface area contributed by atoms with Gasteiger partial charge in [0.2, 0.25) is 0 Å². The van der Waals surface area contributed by atoms with E-state index in [1.54, 1.807) is 26.2 Å². The summed E-state index contributed by atoms with van der Waals surface area (Å²) in [7, 11) is -3.53. The molecule has 1 N–H and O–H groups in total. The lowest BCUT2D eigenvalue weighted by molar-refractivity contribution is 0.0762. The maximum atomic E-state index is 13.0. The quantitative estimate of drug-likeness (QED) is 0.682. The number of carbonyl (C=O) groups is 2. The summed E-state index contributed by atoms with van der Waals surface area (Å²) >= 11 is 1.09. The highest BCUT2D eigenvalue weighted by atomic mass is 32.2. The van der Waals surface area contributed by atoms with Crippen LogP contribution in [0.5, 0.6) is 0 Å². The minimum absolute atomic E-state index is 0.0121. The first-order chi connectivity index (χ1) is 16.4. The number of anilines is 1. The fraction of sp³-hybridized carbons (Fsp3) is 0.500. The summed E-state index contributed by atoms with van der Waals surface area (Å²) in [5.74, 6) is -0.0121. The molecule has 1 aromatic carbocycles. The molecule has 10 heteroatoms. The van der Waals surface area contributed by atoms with E-state index in [2.05, 4.69) is 5.32 Å². The van der Waals surface area contributed by atoms with Gasteiger partial charge in [-0.05, 0) is 49.9 Å². The third kappa shape index (κ3) is 5.61. The third-order valence-corrected chi connectivity index (χ3v) is 9.78. The van der Waals surface area contributed by atoms with Crippen LogP contribution in [0.2, 0.25) is 0 Å². The van der Waals surface area contributed by atoms with Crippen LogP contribution < -0.4 is 5.32 Å². The van der Waals surface area contributed by atoms with Gasteiger partial charge in [0, 0.05) is 44.8 Å². The Bertz CT molecular complexity index is 1120. The van der Waals surface area contributed by atoms with E-state index in [4.69, 9.17) is 0 Å². The molecule has 0 radical (unpaired) electrons. The van der Waals surface area contributed by atoms with Crippen molar-refractivity contribution in [3.63, 3.8) is 0 Å². The summed E-state index contributed by atoms with van der Waals surface area (Å²) in [5, 5.41) is 3.36. The number of amides is 3. The number of aryl methyl sites for hydroxylation is 1. The fourth-order valence-corrected chi connectivity index (χ4v) is 7.29. The molecule has 0 saturated carbocycles. The largest absolute Gasteiger partial charge is 0.337 e. The van der Waals surface area contributed by atoms with Crippen molar-refractivity contribution < 1.29 is 18.0 Å². The Kier molecular flexibility index (Phi) is 7.90. The zero-order valence-electron chi connectivity index (χ0n) is 19.5. The molecule has 3 amide bonds. The third-order valence-electron chi connectivity index (χ3n) is 6.42. The normalized spacial score (nSPS) is 18.3. The number of nitrogens with zero attached hydrogens (tertiary/aromatic N) is 3. The molecular formula is C24H32N4O4S2. The topological polar surface area (TPSA) is 90.0 Å². The Balaban J connectivity index is 1.36. The van der Waals surface area contributed by atoms with Crippen LogP contribution >= 0.6 is 11.3 Å². The van der Waals surface area contributed by atoms with E-state index in [0.717, 1.165) is 42.6 Å². The number of thiophene rings is 1. The van der Waals surface area contributed by atoms with Gasteiger partial charge < -0.3 is 9.80 Å². The molecule has 0 unspecified atom stereocenters. The van der Waals surface area contributed by atoms with Crippen molar-refractivity contribution in [1.29, 1.82) is 0 Å². The summed E-state index contributed by atoms with van der Waals surface area (Å²) in [4.78, 5) is 29.3. The fourth-order valence-electron chi connectivity index (χ4n) is 4.43. The molecule has 2 aliphatic heterocycles. The lowest BCUT2D eigenvalue weighted by Crippen LogP contribution is -2.39. The van der Waals surface area contributed by atoms with Crippen molar-refractivity contribution in [3.8, 4) is 0 Å². The summed E-state index contributed by atoms with van der Waals surface area (Å²) in [6.45, 7) is 5.03. The smallest absolute Gasteiger partial charge is 0.322 e. The van der Waals surface area contributed by atoms with Crippen molar-refractivity contribution in [2.45, 2.75) is 43.2 Å². The maximum Gasteiger partial charge on any atom is 0.322 e. The molecule has 0 bridgehead atoms. The number of hydrogen-bond donors (Lipinski definition) is 1. The minimum atomic E-state index is -3.53. The van der Waals surface area contributed by atoms with Crippen LogP contribution in [0, 0.1) is 6.92 Å². The van der Waals surface area contributed by atoms with Gasteiger partial charge in [0.1, 0.15) is 4.21 Å². The van der Waals surface area contributed by atoms with Crippen LogP contribution in [0.4, 0.5) is 9.80 Å². The molecule has 0 aliphatic carbocycles. The summed E-state index contributed by atoms with van der Waals surface area (Å²) in [6, 6.07) is 10.5. The van der Waals surface area contributed by atoms with Gasteiger partial charge in [-0.2, -0.15) is 4.31 Å². The number of benzene rings is 1. The van der Waals surface area contributed by atoms with Crippen LogP contribution in [0.1, 0.15) is 48.0 Å². The number of hydrogen-bond acceptors (Lipinski definition) is 5. The summed E-state index contributed by atoms with van der Waals surface area (Å²) < 4.78 is 27.8. The average molecular weight is 505 g/mol. The van der Waals surface area contributed by atoms with Gasteiger partial charge in [-0.25, -0.2) is 13.2 Å². The van der Waals surface area contributed by atoms with Gasteiger partial charge >= 0.3 is 6.03 Å². The van der Waals surface area contributed by atoms with Gasteiger partial charge in [-0.15, -0.1) is 11.3 Å². The first kappa shape index (κ1) is 24.7. The van der Waals surface area contributed by atoms with Gasteiger partial charge in [0.05, 0.1) is 5.00 Å². The van der Waals surface area contributed by atoms with E-state index < -0.39 is 10.0 Å². The first-order valence-corrected chi connectivity index (χ1v) is 14.1. The van der Waals surface area contributed by atoms with Crippen LogP contribution in [0.25, 0.3) is 0 Å². The molecule has 0 atom stereocenters. The Morgan fingerprint density at radius 3 is 2.24 bits per heavy atom. The number of rotatable bonds is 4. The second kappa shape index (κ2) is 10.9. The van der Waals surface area contributed by atoms with Gasteiger partial charge in [-0.1, -0.05) is 31.0 Å². The summed E-state index contributed by atoms with van der Waals surface area (Å²) in [5.41, 5.74) is 1.63. The minimum Gasteiger partial charge on any atom is -0.337 e. The highest BCUT2D eigenvalue weighted by molar-refractivity contribution is 7.91. The molecule has 34 heavy (non-hydrogen) atoms. The molecule has 3 heterocycles. The number of nitrogens with one attached hydrogen (secondary N) is 1. The van der Waals surface area contributed by atoms with E-state index >= 15 is 0 Å². The van der Waals surface area contributed by atoms with Crippen LogP contribution in [0.15, 0.2) is 40.6 Å². The SMILES string of the molecule is Cc1ccccc1C(=O)N1CCCN(C(=O)Nc2ccc(S(=O)(=O)N3CCCCCC3)s2)CC1. The van der Waals surface area contributed by atoms with Crippen molar-refractivity contribution in [1.82, 2.24) is 14.1 Å². The highest BCUT2D eigenvalue weighted by Gasteiger charge is 2.28. The average Bonchev–Trinajstić information content (AvgIpc) is 3.02. The summed E-state index contributed by atoms with van der Waals surface area (Å²) in [6.07, 6.45) is 4.56. The van der Waals surface area contributed by atoms with Crippen LogP contribution in [-0.2, 0) is 10.0 Å². The number of urea groups is 1. The Labute approximate surface area is 205 Å². The standard InChI is InChI=1S/C24H32N4O4S2/c1-19-9-4-5-10-20(19)23(29)26-13-8-14-27(18-17-26)24(30)25-21-11-12-22(33-21)34(31,32)28-15-6-2-3-7-16-28/h4-5,9-12H,2-3,6-8,13-18H2,1H3,(H,25,30). The molecule has 184 valence electrons. The van der Waals surface area contributed by atoms with Crippen LogP contribution in [0.3, 0.4) is 0 Å². The van der Waals surface area contributed by atoms with Gasteiger partial charge in [0.15, 0.2) is 0 Å². The molecule has 2 saturated heterocycles.